The van der Waals surface area contributed by atoms with Crippen molar-refractivity contribution in [2.45, 2.75) is 25.3 Å². The zero-order chi connectivity index (χ0) is 21.4. The number of para-hydroxylation sites is 2. The Hall–Kier alpha value is -3.67. The van der Waals surface area contributed by atoms with E-state index in [1.54, 1.807) is 6.07 Å². The van der Waals surface area contributed by atoms with Crippen LogP contribution in [0.15, 0.2) is 66.7 Å². The molecule has 6 heteroatoms. The average molecular weight is 415 g/mol. The molecule has 0 radical (unpaired) electrons. The summed E-state index contributed by atoms with van der Waals surface area (Å²) in [5.41, 5.74) is 5.28. The largest absolute Gasteiger partial charge is 0.367 e. The first kappa shape index (κ1) is 19.3. The van der Waals surface area contributed by atoms with E-state index in [9.17, 15) is 14.0 Å². The van der Waals surface area contributed by atoms with E-state index in [4.69, 9.17) is 0 Å². The number of nitrogens with one attached hydrogen (secondary N) is 2. The van der Waals surface area contributed by atoms with Crippen molar-refractivity contribution in [3.63, 3.8) is 0 Å². The van der Waals surface area contributed by atoms with E-state index in [-0.39, 0.29) is 18.2 Å². The van der Waals surface area contributed by atoms with Crippen LogP contribution in [0.2, 0.25) is 0 Å². The van der Waals surface area contributed by atoms with Crippen LogP contribution in [0.25, 0.3) is 0 Å². The second-order valence-electron chi connectivity index (χ2n) is 7.98. The molecule has 1 atom stereocenters. The molecule has 0 fully saturated rings. The SMILES string of the molecule is O=C1CC(C(=O)Nc2ccccc2CN2CCc3ccccc32)c2ccc(F)cc2N1. The fourth-order valence-electron chi connectivity index (χ4n) is 4.45. The third kappa shape index (κ3) is 3.77. The number of carbonyl (C=O) groups is 2. The lowest BCUT2D eigenvalue weighted by Crippen LogP contribution is -2.31. The lowest BCUT2D eigenvalue weighted by molar-refractivity contribution is -0.123. The van der Waals surface area contributed by atoms with Crippen LogP contribution < -0.4 is 15.5 Å². The predicted molar refractivity (Wildman–Crippen MR) is 119 cm³/mol. The molecule has 31 heavy (non-hydrogen) atoms. The summed E-state index contributed by atoms with van der Waals surface area (Å²) in [4.78, 5) is 27.6. The number of hydrogen-bond donors (Lipinski definition) is 2. The maximum atomic E-state index is 13.6. The van der Waals surface area contributed by atoms with Crippen LogP contribution in [0.3, 0.4) is 0 Å². The molecule has 5 rings (SSSR count). The van der Waals surface area contributed by atoms with Gasteiger partial charge in [0.25, 0.3) is 0 Å². The molecule has 1 unspecified atom stereocenters. The molecule has 0 aliphatic carbocycles. The standard InChI is InChI=1S/C25H22FN3O2/c26-18-9-10-19-20(14-24(30)27-22(19)13-18)25(31)28-21-7-3-1-6-17(21)15-29-12-11-16-5-2-4-8-23(16)29/h1-10,13,20H,11-12,14-15H2,(H,27,30)(H,28,31). The molecule has 5 nitrogen and oxygen atoms in total. The first-order valence-electron chi connectivity index (χ1n) is 10.4. The van der Waals surface area contributed by atoms with Crippen LogP contribution in [0.4, 0.5) is 21.5 Å². The third-order valence-corrected chi connectivity index (χ3v) is 5.99. The number of carbonyl (C=O) groups excluding carboxylic acids is 2. The minimum atomic E-state index is -0.662. The summed E-state index contributed by atoms with van der Waals surface area (Å²) in [7, 11) is 0. The van der Waals surface area contributed by atoms with Gasteiger partial charge in [0.05, 0.1) is 5.92 Å². The van der Waals surface area contributed by atoms with Gasteiger partial charge in [-0.05, 0) is 47.4 Å². The molecule has 0 aromatic heterocycles. The average Bonchev–Trinajstić information content (AvgIpc) is 3.17. The normalized spacial score (nSPS) is 17.0. The van der Waals surface area contributed by atoms with Gasteiger partial charge in [0.2, 0.25) is 11.8 Å². The molecule has 3 aromatic carbocycles. The van der Waals surface area contributed by atoms with Gasteiger partial charge in [-0.1, -0.05) is 42.5 Å². The maximum Gasteiger partial charge on any atom is 0.232 e. The molecule has 3 aromatic rings. The predicted octanol–water partition coefficient (Wildman–Crippen LogP) is 4.45. The minimum absolute atomic E-state index is 0.0339. The molecule has 2 N–H and O–H groups in total. The fraction of sp³-hybridized carbons (Fsp3) is 0.200. The van der Waals surface area contributed by atoms with Gasteiger partial charge in [-0.3, -0.25) is 9.59 Å². The number of hydrogen-bond acceptors (Lipinski definition) is 3. The van der Waals surface area contributed by atoms with Gasteiger partial charge in [0.15, 0.2) is 0 Å². The quantitative estimate of drug-likeness (QED) is 0.662. The topological polar surface area (TPSA) is 61.4 Å². The number of nitrogens with zero attached hydrogens (tertiary/aromatic N) is 1. The highest BCUT2D eigenvalue weighted by molar-refractivity contribution is 6.05. The summed E-state index contributed by atoms with van der Waals surface area (Å²) in [5, 5.41) is 5.67. The highest BCUT2D eigenvalue weighted by Crippen LogP contribution is 2.34. The van der Waals surface area contributed by atoms with Gasteiger partial charge in [-0.2, -0.15) is 0 Å². The molecule has 2 amide bonds. The van der Waals surface area contributed by atoms with Crippen LogP contribution >= 0.6 is 0 Å². The van der Waals surface area contributed by atoms with Crippen molar-refractivity contribution in [1.82, 2.24) is 0 Å². The number of rotatable bonds is 4. The Morgan fingerprint density at radius 2 is 1.90 bits per heavy atom. The summed E-state index contributed by atoms with van der Waals surface area (Å²) < 4.78 is 13.6. The zero-order valence-electron chi connectivity index (χ0n) is 16.9. The number of halogens is 1. The highest BCUT2D eigenvalue weighted by atomic mass is 19.1. The summed E-state index contributed by atoms with van der Waals surface area (Å²) in [6.45, 7) is 1.61. The first-order chi connectivity index (χ1) is 15.1. The van der Waals surface area contributed by atoms with Gasteiger partial charge in [-0.15, -0.1) is 0 Å². The smallest absolute Gasteiger partial charge is 0.232 e. The lowest BCUT2D eigenvalue weighted by Gasteiger charge is -2.26. The van der Waals surface area contributed by atoms with E-state index in [0.717, 1.165) is 24.2 Å². The molecule has 156 valence electrons. The van der Waals surface area contributed by atoms with Crippen LogP contribution in [0.1, 0.15) is 29.0 Å². The van der Waals surface area contributed by atoms with Gasteiger partial charge in [0, 0.05) is 36.6 Å². The third-order valence-electron chi connectivity index (χ3n) is 5.99. The Bertz CT molecular complexity index is 1180. The molecular weight excluding hydrogens is 393 g/mol. The van der Waals surface area contributed by atoms with Gasteiger partial charge < -0.3 is 15.5 Å². The van der Waals surface area contributed by atoms with Crippen LogP contribution in [0, 0.1) is 5.82 Å². The van der Waals surface area contributed by atoms with Gasteiger partial charge in [-0.25, -0.2) is 4.39 Å². The van der Waals surface area contributed by atoms with Crippen molar-refractivity contribution >= 4 is 28.9 Å². The van der Waals surface area contributed by atoms with Crippen molar-refractivity contribution in [2.75, 3.05) is 22.1 Å². The molecule has 2 aliphatic heterocycles. The Labute approximate surface area is 179 Å². The van der Waals surface area contributed by atoms with E-state index in [1.807, 2.05) is 30.3 Å². The summed E-state index contributed by atoms with van der Waals surface area (Å²) in [6.07, 6.45) is 1.04. The van der Waals surface area contributed by atoms with Crippen molar-refractivity contribution in [3.05, 3.63) is 89.2 Å². The van der Waals surface area contributed by atoms with Crippen molar-refractivity contribution in [2.24, 2.45) is 0 Å². The van der Waals surface area contributed by atoms with E-state index in [2.05, 4.69) is 33.7 Å². The molecular formula is C25H22FN3O2. The van der Waals surface area contributed by atoms with Gasteiger partial charge in [0.1, 0.15) is 5.82 Å². The molecule has 0 bridgehead atoms. The Balaban J connectivity index is 1.38. The van der Waals surface area contributed by atoms with E-state index >= 15 is 0 Å². The molecule has 2 aliphatic rings. The number of amides is 2. The first-order valence-corrected chi connectivity index (χ1v) is 10.4. The number of benzene rings is 3. The van der Waals surface area contributed by atoms with Crippen molar-refractivity contribution in [3.8, 4) is 0 Å². The Morgan fingerprint density at radius 3 is 2.81 bits per heavy atom. The van der Waals surface area contributed by atoms with Crippen LogP contribution in [-0.2, 0) is 22.6 Å². The highest BCUT2D eigenvalue weighted by Gasteiger charge is 2.31. The summed E-state index contributed by atoms with van der Waals surface area (Å²) >= 11 is 0. The van der Waals surface area contributed by atoms with Crippen molar-refractivity contribution < 1.29 is 14.0 Å². The number of fused-ring (bicyclic) bond motifs is 2. The van der Waals surface area contributed by atoms with E-state index in [0.29, 0.717) is 17.8 Å². The van der Waals surface area contributed by atoms with Gasteiger partial charge >= 0.3 is 0 Å². The maximum absolute atomic E-state index is 13.6. The van der Waals surface area contributed by atoms with Crippen LogP contribution in [-0.4, -0.2) is 18.4 Å². The second kappa shape index (κ2) is 7.87. The number of anilines is 3. The second-order valence-corrected chi connectivity index (χ2v) is 7.98. The molecule has 2 heterocycles. The monoisotopic (exact) mass is 415 g/mol. The molecule has 0 spiro atoms. The zero-order valence-corrected chi connectivity index (χ0v) is 16.9. The molecule has 0 saturated heterocycles. The van der Waals surface area contributed by atoms with E-state index < -0.39 is 11.7 Å². The van der Waals surface area contributed by atoms with E-state index in [1.165, 1.54) is 23.4 Å². The summed E-state index contributed by atoms with van der Waals surface area (Å²) in [6, 6.07) is 20.2. The fourth-order valence-corrected chi connectivity index (χ4v) is 4.45. The minimum Gasteiger partial charge on any atom is -0.367 e. The molecule has 0 saturated carbocycles. The lowest BCUT2D eigenvalue weighted by atomic mass is 9.89. The van der Waals surface area contributed by atoms with Crippen molar-refractivity contribution in [1.29, 1.82) is 0 Å². The summed E-state index contributed by atoms with van der Waals surface area (Å²) in [5.74, 6) is -1.67. The Morgan fingerprint density at radius 1 is 1.10 bits per heavy atom. The van der Waals surface area contributed by atoms with Crippen LogP contribution in [0.5, 0.6) is 0 Å². The Kier molecular flexibility index (Phi) is 4.90.